The molecular weight excluding hydrogens is 281 g/mol. The first-order valence-electron chi connectivity index (χ1n) is 6.18. The van der Waals surface area contributed by atoms with Gasteiger partial charge in [-0.3, -0.25) is 0 Å². The first-order valence-corrected chi connectivity index (χ1v) is 6.18. The maximum atomic E-state index is 13.5. The van der Waals surface area contributed by atoms with E-state index < -0.39 is 23.5 Å². The highest BCUT2D eigenvalue weighted by atomic mass is 19.1. The van der Waals surface area contributed by atoms with Gasteiger partial charge in [0.05, 0.1) is 5.69 Å². The molecule has 2 aromatic rings. The summed E-state index contributed by atoms with van der Waals surface area (Å²) in [6.45, 7) is -0.0631. The molecule has 0 saturated carbocycles. The third-order valence-electron chi connectivity index (χ3n) is 2.88. The van der Waals surface area contributed by atoms with Crippen LogP contribution in [0, 0.1) is 17.5 Å². The average molecular weight is 294 g/mol. The van der Waals surface area contributed by atoms with Gasteiger partial charge in [0, 0.05) is 25.2 Å². The Morgan fingerprint density at radius 2 is 1.81 bits per heavy atom. The second-order valence-corrected chi connectivity index (χ2v) is 4.50. The molecule has 2 aromatic carbocycles. The second kappa shape index (κ2) is 6.30. The fourth-order valence-corrected chi connectivity index (χ4v) is 1.75. The molecule has 110 valence electrons. The zero-order valence-corrected chi connectivity index (χ0v) is 11.2. The van der Waals surface area contributed by atoms with Gasteiger partial charge < -0.3 is 10.2 Å². The Morgan fingerprint density at radius 3 is 2.48 bits per heavy atom. The van der Waals surface area contributed by atoms with Gasteiger partial charge in [0.2, 0.25) is 0 Å². The summed E-state index contributed by atoms with van der Waals surface area (Å²) in [4.78, 5) is 13.1. The number of carbonyl (C=O) groups is 1. The number of nitrogens with one attached hydrogen (secondary N) is 1. The standard InChI is InChI=1S/C15H13F3N2O/c1-20(9-10-6-7-11(16)8-13(10)18)15(21)19-14-5-3-2-4-12(14)17/h2-8H,9H2,1H3,(H,19,21). The summed E-state index contributed by atoms with van der Waals surface area (Å²) in [5.74, 6) is -1.98. The highest BCUT2D eigenvalue weighted by Crippen LogP contribution is 2.15. The largest absolute Gasteiger partial charge is 0.323 e. The van der Waals surface area contributed by atoms with Crippen LogP contribution in [0.2, 0.25) is 0 Å². The Balaban J connectivity index is 2.04. The third kappa shape index (κ3) is 3.75. The number of hydrogen-bond acceptors (Lipinski definition) is 1. The van der Waals surface area contributed by atoms with E-state index in [1.54, 1.807) is 6.07 Å². The van der Waals surface area contributed by atoms with E-state index in [9.17, 15) is 18.0 Å². The zero-order valence-electron chi connectivity index (χ0n) is 11.2. The molecule has 0 aromatic heterocycles. The van der Waals surface area contributed by atoms with Gasteiger partial charge in [0.25, 0.3) is 0 Å². The predicted molar refractivity (Wildman–Crippen MR) is 73.2 cm³/mol. The number of urea groups is 1. The maximum Gasteiger partial charge on any atom is 0.321 e. The van der Waals surface area contributed by atoms with Gasteiger partial charge >= 0.3 is 6.03 Å². The minimum atomic E-state index is -0.736. The van der Waals surface area contributed by atoms with Crippen molar-refractivity contribution in [2.45, 2.75) is 6.54 Å². The molecule has 0 spiro atoms. The van der Waals surface area contributed by atoms with E-state index in [0.29, 0.717) is 0 Å². The summed E-state index contributed by atoms with van der Waals surface area (Å²) >= 11 is 0. The van der Waals surface area contributed by atoms with E-state index in [1.165, 1.54) is 36.2 Å². The Hall–Kier alpha value is -2.50. The van der Waals surface area contributed by atoms with Gasteiger partial charge in [0.15, 0.2) is 0 Å². The van der Waals surface area contributed by atoms with Crippen LogP contribution in [0.3, 0.4) is 0 Å². The number of anilines is 1. The highest BCUT2D eigenvalue weighted by molar-refractivity contribution is 5.89. The van der Waals surface area contributed by atoms with Crippen molar-refractivity contribution in [2.75, 3.05) is 12.4 Å². The van der Waals surface area contributed by atoms with Gasteiger partial charge in [-0.2, -0.15) is 0 Å². The van der Waals surface area contributed by atoms with Crippen molar-refractivity contribution in [3.05, 3.63) is 65.5 Å². The monoisotopic (exact) mass is 294 g/mol. The molecule has 3 nitrogen and oxygen atoms in total. The third-order valence-corrected chi connectivity index (χ3v) is 2.88. The minimum absolute atomic E-state index is 0.0360. The van der Waals surface area contributed by atoms with E-state index in [4.69, 9.17) is 0 Å². The lowest BCUT2D eigenvalue weighted by Gasteiger charge is -2.18. The Kier molecular flexibility index (Phi) is 4.47. The molecule has 0 atom stereocenters. The van der Waals surface area contributed by atoms with Crippen LogP contribution in [-0.2, 0) is 6.54 Å². The summed E-state index contributed by atoms with van der Waals surface area (Å²) in [7, 11) is 1.43. The van der Waals surface area contributed by atoms with Crippen molar-refractivity contribution >= 4 is 11.7 Å². The van der Waals surface area contributed by atoms with Gasteiger partial charge in [-0.15, -0.1) is 0 Å². The Morgan fingerprint density at radius 1 is 1.10 bits per heavy atom. The molecule has 0 unspecified atom stereocenters. The Bertz CT molecular complexity index is 661. The number of amides is 2. The molecule has 2 rings (SSSR count). The molecule has 0 aliphatic carbocycles. The smallest absolute Gasteiger partial charge is 0.321 e. The topological polar surface area (TPSA) is 32.3 Å². The number of carbonyl (C=O) groups excluding carboxylic acids is 1. The molecule has 0 aliphatic heterocycles. The summed E-state index contributed by atoms with van der Waals surface area (Å²) in [6, 6.07) is 8.25. The second-order valence-electron chi connectivity index (χ2n) is 4.50. The first-order chi connectivity index (χ1) is 9.97. The van der Waals surface area contributed by atoms with Gasteiger partial charge in [0.1, 0.15) is 17.5 Å². The first kappa shape index (κ1) is 14.9. The van der Waals surface area contributed by atoms with E-state index in [0.717, 1.165) is 12.1 Å². The highest BCUT2D eigenvalue weighted by Gasteiger charge is 2.13. The van der Waals surface area contributed by atoms with E-state index in [2.05, 4.69) is 5.32 Å². The van der Waals surface area contributed by atoms with Crippen LogP contribution in [0.4, 0.5) is 23.7 Å². The molecule has 0 fully saturated rings. The van der Waals surface area contributed by atoms with Crippen molar-refractivity contribution in [1.82, 2.24) is 4.90 Å². The number of para-hydroxylation sites is 1. The lowest BCUT2D eigenvalue weighted by atomic mass is 10.2. The maximum absolute atomic E-state index is 13.5. The van der Waals surface area contributed by atoms with Crippen LogP contribution in [0.5, 0.6) is 0 Å². The zero-order chi connectivity index (χ0) is 15.4. The summed E-state index contributed by atoms with van der Waals surface area (Å²) < 4.78 is 39.7. The quantitative estimate of drug-likeness (QED) is 0.918. The van der Waals surface area contributed by atoms with Crippen molar-refractivity contribution in [2.24, 2.45) is 0 Å². The number of benzene rings is 2. The lowest BCUT2D eigenvalue weighted by Crippen LogP contribution is -2.31. The van der Waals surface area contributed by atoms with Gasteiger partial charge in [-0.05, 0) is 18.2 Å². The molecule has 0 heterocycles. The SMILES string of the molecule is CN(Cc1ccc(F)cc1F)C(=O)Nc1ccccc1F. The lowest BCUT2D eigenvalue weighted by molar-refractivity contribution is 0.220. The van der Waals surface area contributed by atoms with Crippen molar-refractivity contribution in [3.8, 4) is 0 Å². The molecule has 6 heteroatoms. The predicted octanol–water partition coefficient (Wildman–Crippen LogP) is 3.77. The molecule has 0 saturated heterocycles. The van der Waals surface area contributed by atoms with Crippen molar-refractivity contribution in [1.29, 1.82) is 0 Å². The Labute approximate surface area is 120 Å². The van der Waals surface area contributed by atoms with E-state index in [-0.39, 0.29) is 17.8 Å². The fraction of sp³-hybridized carbons (Fsp3) is 0.133. The number of hydrogen-bond donors (Lipinski definition) is 1. The normalized spacial score (nSPS) is 10.3. The molecule has 0 radical (unpaired) electrons. The summed E-state index contributed by atoms with van der Waals surface area (Å²) in [5, 5.41) is 2.38. The van der Waals surface area contributed by atoms with Gasteiger partial charge in [-0.1, -0.05) is 18.2 Å². The molecule has 2 amide bonds. The summed E-state index contributed by atoms with van der Waals surface area (Å²) in [5.41, 5.74) is 0.205. The fourth-order valence-electron chi connectivity index (χ4n) is 1.75. The molecule has 0 bridgehead atoms. The van der Waals surface area contributed by atoms with Crippen LogP contribution in [0.25, 0.3) is 0 Å². The van der Waals surface area contributed by atoms with Crippen LogP contribution >= 0.6 is 0 Å². The summed E-state index contributed by atoms with van der Waals surface area (Å²) in [6.07, 6.45) is 0. The van der Waals surface area contributed by atoms with Crippen LogP contribution in [-0.4, -0.2) is 18.0 Å². The van der Waals surface area contributed by atoms with Crippen LogP contribution in [0.15, 0.2) is 42.5 Å². The number of nitrogens with zero attached hydrogens (tertiary/aromatic N) is 1. The molecule has 21 heavy (non-hydrogen) atoms. The minimum Gasteiger partial charge on any atom is -0.323 e. The van der Waals surface area contributed by atoms with E-state index in [1.807, 2.05) is 0 Å². The van der Waals surface area contributed by atoms with Crippen LogP contribution in [0.1, 0.15) is 5.56 Å². The molecule has 1 N–H and O–H groups in total. The number of halogens is 3. The van der Waals surface area contributed by atoms with Crippen LogP contribution < -0.4 is 5.32 Å². The molecule has 0 aliphatic rings. The van der Waals surface area contributed by atoms with Gasteiger partial charge in [-0.25, -0.2) is 18.0 Å². The average Bonchev–Trinajstić information content (AvgIpc) is 2.44. The van der Waals surface area contributed by atoms with Crippen molar-refractivity contribution in [3.63, 3.8) is 0 Å². The van der Waals surface area contributed by atoms with Crippen molar-refractivity contribution < 1.29 is 18.0 Å². The molecular formula is C15H13F3N2O. The van der Waals surface area contributed by atoms with E-state index >= 15 is 0 Å². The number of rotatable bonds is 3.